The highest BCUT2D eigenvalue weighted by Crippen LogP contribution is 2.27. The fraction of sp³-hybridized carbons (Fsp3) is 0.343. The molecule has 2 N–H and O–H groups in total. The highest BCUT2D eigenvalue weighted by Gasteiger charge is 2.24. The molecule has 8 heteroatoms. The smallest absolute Gasteiger partial charge is 0.324 e. The number of carbonyl (C=O) groups is 2. The summed E-state index contributed by atoms with van der Waals surface area (Å²) in [6.45, 7) is 9.88. The maximum absolute atomic E-state index is 13.1. The van der Waals surface area contributed by atoms with Crippen molar-refractivity contribution in [1.82, 2.24) is 14.7 Å². The third kappa shape index (κ3) is 8.03. The van der Waals surface area contributed by atoms with Gasteiger partial charge >= 0.3 is 6.03 Å². The number of benzene rings is 3. The van der Waals surface area contributed by atoms with Gasteiger partial charge in [-0.1, -0.05) is 68.8 Å². The first-order chi connectivity index (χ1) is 20.6. The summed E-state index contributed by atoms with van der Waals surface area (Å²) in [5, 5.41) is 10.8. The van der Waals surface area contributed by atoms with Gasteiger partial charge in [0.05, 0.1) is 11.4 Å². The van der Waals surface area contributed by atoms with E-state index in [1.165, 1.54) is 0 Å². The lowest BCUT2D eigenvalue weighted by molar-refractivity contribution is -0.134. The van der Waals surface area contributed by atoms with Crippen molar-refractivity contribution in [2.45, 2.75) is 52.4 Å². The predicted molar refractivity (Wildman–Crippen MR) is 171 cm³/mol. The minimum absolute atomic E-state index is 0.0258. The molecule has 0 spiro atoms. The Hall–Kier alpha value is -4.59. The molecule has 0 bridgehead atoms. The number of aryl methyl sites for hydroxylation is 1. The van der Waals surface area contributed by atoms with Crippen LogP contribution in [-0.4, -0.2) is 46.3 Å². The van der Waals surface area contributed by atoms with Gasteiger partial charge in [-0.2, -0.15) is 5.10 Å². The van der Waals surface area contributed by atoms with Gasteiger partial charge in [-0.25, -0.2) is 9.48 Å². The van der Waals surface area contributed by atoms with Crippen LogP contribution in [0.1, 0.15) is 50.4 Å². The largest absolute Gasteiger partial charge is 0.484 e. The molecule has 5 rings (SSSR count). The number of carbonyl (C=O) groups excluding carboxylic acids is 2. The molecule has 0 unspecified atom stereocenters. The maximum Gasteiger partial charge on any atom is 0.324 e. The fourth-order valence-electron chi connectivity index (χ4n) is 5.25. The number of piperidine rings is 1. The minimum Gasteiger partial charge on any atom is -0.484 e. The van der Waals surface area contributed by atoms with Gasteiger partial charge in [-0.15, -0.1) is 0 Å². The molecule has 2 heterocycles. The highest BCUT2D eigenvalue weighted by molar-refractivity contribution is 5.99. The van der Waals surface area contributed by atoms with E-state index >= 15 is 0 Å². The van der Waals surface area contributed by atoms with E-state index in [1.807, 2.05) is 90.7 Å². The Kier molecular flexibility index (Phi) is 9.14. The lowest BCUT2D eigenvalue weighted by Crippen LogP contribution is -2.41. The van der Waals surface area contributed by atoms with Crippen LogP contribution < -0.4 is 15.4 Å². The summed E-state index contributed by atoms with van der Waals surface area (Å²) in [5.74, 6) is 1.82. The first kappa shape index (κ1) is 29.9. The molecule has 1 aliphatic rings. The molecule has 43 heavy (non-hydrogen) atoms. The molecular weight excluding hydrogens is 538 g/mol. The molecule has 0 saturated carbocycles. The predicted octanol–water partition coefficient (Wildman–Crippen LogP) is 6.98. The molecule has 4 aromatic rings. The number of aromatic nitrogens is 2. The monoisotopic (exact) mass is 579 g/mol. The molecule has 1 fully saturated rings. The Morgan fingerprint density at radius 3 is 2.33 bits per heavy atom. The van der Waals surface area contributed by atoms with Gasteiger partial charge < -0.3 is 15.0 Å². The topological polar surface area (TPSA) is 88.5 Å². The van der Waals surface area contributed by atoms with Crippen LogP contribution in [0.4, 0.5) is 16.3 Å². The van der Waals surface area contributed by atoms with E-state index in [9.17, 15) is 9.59 Å². The quantitative estimate of drug-likeness (QED) is 0.236. The Bertz CT molecular complexity index is 1530. The van der Waals surface area contributed by atoms with E-state index in [1.54, 1.807) is 4.68 Å². The number of para-hydroxylation sites is 1. The average molecular weight is 580 g/mol. The van der Waals surface area contributed by atoms with Gasteiger partial charge in [0.15, 0.2) is 6.61 Å². The van der Waals surface area contributed by atoms with E-state index in [0.717, 1.165) is 60.5 Å². The van der Waals surface area contributed by atoms with Crippen LogP contribution in [0.2, 0.25) is 0 Å². The van der Waals surface area contributed by atoms with Crippen molar-refractivity contribution in [2.75, 3.05) is 30.3 Å². The van der Waals surface area contributed by atoms with Crippen LogP contribution in [0.25, 0.3) is 5.69 Å². The lowest BCUT2D eigenvalue weighted by Gasteiger charge is -2.32. The molecule has 3 amide bonds. The molecule has 1 aliphatic heterocycles. The Labute approximate surface area is 254 Å². The summed E-state index contributed by atoms with van der Waals surface area (Å²) in [6.07, 6.45) is 2.78. The standard InChI is InChI=1S/C35H41N5O3/c1-25-13-15-29(16-14-25)40-32(23-31(38-40)35(2,3)4)37-34(42)36-28-10-8-9-27(22-28)21-26-17-19-39(20-18-26)33(41)24-43-30-11-6-5-7-12-30/h5-16,22-23,26H,17-21,24H2,1-4H3,(H2,36,37,42). The van der Waals surface area contributed by atoms with E-state index < -0.39 is 0 Å². The molecule has 0 atom stereocenters. The summed E-state index contributed by atoms with van der Waals surface area (Å²) in [4.78, 5) is 27.6. The summed E-state index contributed by atoms with van der Waals surface area (Å²) >= 11 is 0. The van der Waals surface area contributed by atoms with Crippen LogP contribution in [0.3, 0.4) is 0 Å². The fourth-order valence-corrected chi connectivity index (χ4v) is 5.25. The molecule has 3 aromatic carbocycles. The second-order valence-electron chi connectivity index (χ2n) is 12.3. The van der Waals surface area contributed by atoms with Crippen LogP contribution in [-0.2, 0) is 16.6 Å². The van der Waals surface area contributed by atoms with Gasteiger partial charge in [0, 0.05) is 30.3 Å². The number of hydrogen-bond acceptors (Lipinski definition) is 4. The first-order valence-electron chi connectivity index (χ1n) is 14.9. The Balaban J connectivity index is 1.16. The molecule has 1 saturated heterocycles. The number of nitrogens with one attached hydrogen (secondary N) is 2. The van der Waals surface area contributed by atoms with Crippen molar-refractivity contribution < 1.29 is 14.3 Å². The highest BCUT2D eigenvalue weighted by atomic mass is 16.5. The van der Waals surface area contributed by atoms with Crippen molar-refractivity contribution in [3.05, 3.63) is 102 Å². The number of anilines is 2. The van der Waals surface area contributed by atoms with Gasteiger partial charge in [0.25, 0.3) is 5.91 Å². The number of urea groups is 1. The molecule has 0 aliphatic carbocycles. The van der Waals surface area contributed by atoms with E-state index in [0.29, 0.717) is 17.5 Å². The number of ether oxygens (including phenoxy) is 1. The number of rotatable bonds is 8. The summed E-state index contributed by atoms with van der Waals surface area (Å²) in [6, 6.07) is 27.1. The SMILES string of the molecule is Cc1ccc(-n2nc(C(C)(C)C)cc2NC(=O)Nc2cccc(CC3CCN(C(=O)COc4ccccc4)CC3)c2)cc1. The third-order valence-corrected chi connectivity index (χ3v) is 7.78. The average Bonchev–Trinajstić information content (AvgIpc) is 3.41. The number of amides is 3. The lowest BCUT2D eigenvalue weighted by atomic mass is 9.90. The van der Waals surface area contributed by atoms with Gasteiger partial charge in [-0.3, -0.25) is 10.1 Å². The summed E-state index contributed by atoms with van der Waals surface area (Å²) in [5.41, 5.74) is 4.66. The van der Waals surface area contributed by atoms with Crippen LogP contribution in [0, 0.1) is 12.8 Å². The first-order valence-corrected chi connectivity index (χ1v) is 14.9. The van der Waals surface area contributed by atoms with Gasteiger partial charge in [-0.05, 0) is 74.1 Å². The van der Waals surface area contributed by atoms with Crippen molar-refractivity contribution in [1.29, 1.82) is 0 Å². The zero-order valence-electron chi connectivity index (χ0n) is 25.5. The number of likely N-dealkylation sites (tertiary alicyclic amines) is 1. The second-order valence-corrected chi connectivity index (χ2v) is 12.3. The molecule has 224 valence electrons. The van der Waals surface area contributed by atoms with Crippen molar-refractivity contribution >= 4 is 23.4 Å². The summed E-state index contributed by atoms with van der Waals surface area (Å²) in [7, 11) is 0. The molecular formula is C35H41N5O3. The summed E-state index contributed by atoms with van der Waals surface area (Å²) < 4.78 is 7.42. The van der Waals surface area contributed by atoms with Crippen LogP contribution in [0.5, 0.6) is 5.75 Å². The van der Waals surface area contributed by atoms with Gasteiger partial charge in [0.2, 0.25) is 0 Å². The third-order valence-electron chi connectivity index (χ3n) is 7.78. The van der Waals surface area contributed by atoms with Gasteiger partial charge in [0.1, 0.15) is 11.6 Å². The number of nitrogens with zero attached hydrogens (tertiary/aromatic N) is 3. The van der Waals surface area contributed by atoms with Crippen LogP contribution in [0.15, 0.2) is 84.9 Å². The van der Waals surface area contributed by atoms with Crippen molar-refractivity contribution in [3.63, 3.8) is 0 Å². The van der Waals surface area contributed by atoms with Crippen molar-refractivity contribution in [3.8, 4) is 11.4 Å². The zero-order chi connectivity index (χ0) is 30.4. The molecule has 8 nitrogen and oxygen atoms in total. The Morgan fingerprint density at radius 1 is 0.907 bits per heavy atom. The zero-order valence-corrected chi connectivity index (χ0v) is 25.5. The second kappa shape index (κ2) is 13.2. The van der Waals surface area contributed by atoms with E-state index in [2.05, 4.69) is 37.5 Å². The normalized spacial score (nSPS) is 13.9. The Morgan fingerprint density at radius 2 is 1.63 bits per heavy atom. The van der Waals surface area contributed by atoms with Crippen molar-refractivity contribution in [2.24, 2.45) is 5.92 Å². The van der Waals surface area contributed by atoms with Crippen LogP contribution >= 0.6 is 0 Å². The van der Waals surface area contributed by atoms with E-state index in [4.69, 9.17) is 9.84 Å². The molecule has 1 aromatic heterocycles. The minimum atomic E-state index is -0.324. The number of hydrogen-bond donors (Lipinski definition) is 2. The maximum atomic E-state index is 13.1. The van der Waals surface area contributed by atoms with E-state index in [-0.39, 0.29) is 24.0 Å². The molecule has 0 radical (unpaired) electrons.